The van der Waals surface area contributed by atoms with Crippen molar-refractivity contribution in [3.8, 4) is 0 Å². The highest BCUT2D eigenvalue weighted by Crippen LogP contribution is 2.14. The van der Waals surface area contributed by atoms with Gasteiger partial charge in [-0.2, -0.15) is 0 Å². The Labute approximate surface area is 125 Å². The summed E-state index contributed by atoms with van der Waals surface area (Å²) in [5, 5.41) is 6.15. The van der Waals surface area contributed by atoms with Crippen LogP contribution >= 0.6 is 0 Å². The maximum absolute atomic E-state index is 11.9. The van der Waals surface area contributed by atoms with Crippen molar-refractivity contribution in [1.29, 1.82) is 0 Å². The highest BCUT2D eigenvalue weighted by molar-refractivity contribution is 7.90. The van der Waals surface area contributed by atoms with E-state index in [1.165, 1.54) is 25.1 Å². The van der Waals surface area contributed by atoms with Crippen LogP contribution in [0.2, 0.25) is 0 Å². The maximum atomic E-state index is 11.9. The molecule has 0 aliphatic carbocycles. The first-order valence-corrected chi connectivity index (χ1v) is 9.03. The number of hydrogen-bond donors (Lipinski definition) is 2. The largest absolute Gasteiger partial charge is 0.325 e. The number of pyridine rings is 1. The van der Waals surface area contributed by atoms with Crippen molar-refractivity contribution >= 4 is 21.4 Å². The summed E-state index contributed by atoms with van der Waals surface area (Å²) in [4.78, 5) is 15.7. The minimum Gasteiger partial charge on any atom is -0.325 e. The smallest absolute Gasteiger partial charge is 0.224 e. The number of hydrogen-bond acceptors (Lipinski definition) is 5. The van der Waals surface area contributed by atoms with E-state index in [0.29, 0.717) is 18.2 Å². The molecular formula is C14H21N3O3S. The molecule has 0 saturated carbocycles. The SMILES string of the molecule is CS(=O)(=O)c1ccc(NC(=O)CCC2CCCCN2)cn1. The van der Waals surface area contributed by atoms with Gasteiger partial charge in [0.2, 0.25) is 5.91 Å². The summed E-state index contributed by atoms with van der Waals surface area (Å²) in [6.07, 6.45) is 7.29. The van der Waals surface area contributed by atoms with E-state index in [1.807, 2.05) is 0 Å². The minimum atomic E-state index is -3.30. The summed E-state index contributed by atoms with van der Waals surface area (Å²) in [6, 6.07) is 3.38. The van der Waals surface area contributed by atoms with Gasteiger partial charge in [0.15, 0.2) is 14.9 Å². The molecule has 7 heteroatoms. The molecule has 1 aliphatic heterocycles. The Bertz CT molecular complexity index is 578. The molecule has 2 N–H and O–H groups in total. The van der Waals surface area contributed by atoms with Crippen LogP contribution in [-0.4, -0.2) is 38.2 Å². The molecule has 116 valence electrons. The Morgan fingerprint density at radius 3 is 2.81 bits per heavy atom. The van der Waals surface area contributed by atoms with Crippen molar-refractivity contribution in [3.63, 3.8) is 0 Å². The third-order valence-electron chi connectivity index (χ3n) is 3.53. The summed E-state index contributed by atoms with van der Waals surface area (Å²) in [5.74, 6) is -0.0729. The molecule has 0 radical (unpaired) electrons. The van der Waals surface area contributed by atoms with Gasteiger partial charge in [0.05, 0.1) is 11.9 Å². The van der Waals surface area contributed by atoms with Crippen LogP contribution in [0, 0.1) is 0 Å². The fraction of sp³-hybridized carbons (Fsp3) is 0.571. The highest BCUT2D eigenvalue weighted by Gasteiger charge is 2.14. The van der Waals surface area contributed by atoms with Crippen LogP contribution in [0.5, 0.6) is 0 Å². The van der Waals surface area contributed by atoms with E-state index >= 15 is 0 Å². The molecule has 1 aromatic rings. The van der Waals surface area contributed by atoms with Crippen LogP contribution in [0.3, 0.4) is 0 Å². The normalized spacial score (nSPS) is 19.2. The number of nitrogens with one attached hydrogen (secondary N) is 2. The number of carbonyl (C=O) groups is 1. The fourth-order valence-corrected chi connectivity index (χ4v) is 2.93. The van der Waals surface area contributed by atoms with Crippen LogP contribution in [0.4, 0.5) is 5.69 Å². The first-order chi connectivity index (χ1) is 9.95. The number of anilines is 1. The van der Waals surface area contributed by atoms with Gasteiger partial charge in [-0.15, -0.1) is 0 Å². The van der Waals surface area contributed by atoms with Gasteiger partial charge in [-0.05, 0) is 37.9 Å². The highest BCUT2D eigenvalue weighted by atomic mass is 32.2. The molecule has 2 heterocycles. The predicted molar refractivity (Wildman–Crippen MR) is 80.9 cm³/mol. The van der Waals surface area contributed by atoms with Gasteiger partial charge < -0.3 is 10.6 Å². The van der Waals surface area contributed by atoms with E-state index in [1.54, 1.807) is 6.07 Å². The molecule has 1 unspecified atom stereocenters. The van der Waals surface area contributed by atoms with E-state index in [-0.39, 0.29) is 10.9 Å². The van der Waals surface area contributed by atoms with E-state index in [4.69, 9.17) is 0 Å². The number of sulfone groups is 1. The van der Waals surface area contributed by atoms with E-state index < -0.39 is 9.84 Å². The number of rotatable bonds is 5. The second-order valence-electron chi connectivity index (χ2n) is 5.39. The summed E-state index contributed by atoms with van der Waals surface area (Å²) in [5.41, 5.74) is 0.518. The Morgan fingerprint density at radius 1 is 1.43 bits per heavy atom. The van der Waals surface area contributed by atoms with Crippen LogP contribution in [0.1, 0.15) is 32.1 Å². The quantitative estimate of drug-likeness (QED) is 0.857. The van der Waals surface area contributed by atoms with Crippen LogP contribution in [0.25, 0.3) is 0 Å². The van der Waals surface area contributed by atoms with E-state index in [9.17, 15) is 13.2 Å². The molecule has 1 amide bonds. The minimum absolute atomic E-state index is 0.00639. The predicted octanol–water partition coefficient (Wildman–Crippen LogP) is 1.35. The summed E-state index contributed by atoms with van der Waals surface area (Å²) >= 11 is 0. The van der Waals surface area contributed by atoms with E-state index in [2.05, 4.69) is 15.6 Å². The fourth-order valence-electron chi connectivity index (χ4n) is 2.37. The second kappa shape index (κ2) is 7.00. The monoisotopic (exact) mass is 311 g/mol. The Balaban J connectivity index is 1.82. The summed E-state index contributed by atoms with van der Waals surface area (Å²) in [6.45, 7) is 1.03. The number of amides is 1. The molecular weight excluding hydrogens is 290 g/mol. The summed E-state index contributed by atoms with van der Waals surface area (Å²) < 4.78 is 22.6. The van der Waals surface area contributed by atoms with Crippen LogP contribution in [0.15, 0.2) is 23.4 Å². The molecule has 21 heavy (non-hydrogen) atoms. The van der Waals surface area contributed by atoms with Crippen molar-refractivity contribution < 1.29 is 13.2 Å². The third-order valence-corrected chi connectivity index (χ3v) is 4.53. The van der Waals surface area contributed by atoms with Gasteiger partial charge in [0, 0.05) is 18.7 Å². The van der Waals surface area contributed by atoms with Crippen molar-refractivity contribution in [2.45, 2.75) is 43.2 Å². The zero-order valence-corrected chi connectivity index (χ0v) is 12.9. The topological polar surface area (TPSA) is 88.2 Å². The molecule has 1 aromatic heterocycles. The third kappa shape index (κ3) is 5.09. The van der Waals surface area contributed by atoms with Crippen molar-refractivity contribution in [2.24, 2.45) is 0 Å². The number of carbonyl (C=O) groups excluding carboxylic acids is 1. The van der Waals surface area contributed by atoms with Crippen LogP contribution < -0.4 is 10.6 Å². The molecule has 0 aromatic carbocycles. The Kier molecular flexibility index (Phi) is 5.30. The summed E-state index contributed by atoms with van der Waals surface area (Å²) in [7, 11) is -3.30. The van der Waals surface area contributed by atoms with E-state index in [0.717, 1.165) is 25.6 Å². The molecule has 1 aliphatic rings. The average Bonchev–Trinajstić information content (AvgIpc) is 2.46. The number of aromatic nitrogens is 1. The molecule has 0 bridgehead atoms. The van der Waals surface area contributed by atoms with Gasteiger partial charge in [0.1, 0.15) is 0 Å². The van der Waals surface area contributed by atoms with Gasteiger partial charge in [-0.25, -0.2) is 13.4 Å². The lowest BCUT2D eigenvalue weighted by molar-refractivity contribution is -0.116. The van der Waals surface area contributed by atoms with Crippen molar-refractivity contribution in [1.82, 2.24) is 10.3 Å². The standard InChI is InChI=1S/C14H21N3O3S/c1-21(19,20)14-8-6-12(10-16-14)17-13(18)7-5-11-4-2-3-9-15-11/h6,8,10-11,15H,2-5,7,9H2,1H3,(H,17,18). The molecule has 1 atom stereocenters. The number of nitrogens with zero attached hydrogens (tertiary/aromatic N) is 1. The lowest BCUT2D eigenvalue weighted by atomic mass is 10.0. The first kappa shape index (κ1) is 15.9. The maximum Gasteiger partial charge on any atom is 0.224 e. The van der Waals surface area contributed by atoms with Crippen molar-refractivity contribution in [2.75, 3.05) is 18.1 Å². The zero-order chi connectivity index (χ0) is 15.3. The molecule has 1 fully saturated rings. The lowest BCUT2D eigenvalue weighted by Crippen LogP contribution is -2.34. The molecule has 6 nitrogen and oxygen atoms in total. The van der Waals surface area contributed by atoms with Gasteiger partial charge >= 0.3 is 0 Å². The molecule has 0 spiro atoms. The Hall–Kier alpha value is -1.47. The van der Waals surface area contributed by atoms with Gasteiger partial charge in [0.25, 0.3) is 0 Å². The second-order valence-corrected chi connectivity index (χ2v) is 7.35. The molecule has 2 rings (SSSR count). The average molecular weight is 311 g/mol. The lowest BCUT2D eigenvalue weighted by Gasteiger charge is -2.23. The Morgan fingerprint density at radius 2 is 2.24 bits per heavy atom. The van der Waals surface area contributed by atoms with Gasteiger partial charge in [-0.3, -0.25) is 4.79 Å². The first-order valence-electron chi connectivity index (χ1n) is 7.14. The van der Waals surface area contributed by atoms with Crippen molar-refractivity contribution in [3.05, 3.63) is 18.3 Å². The van der Waals surface area contributed by atoms with Crippen LogP contribution in [-0.2, 0) is 14.6 Å². The van der Waals surface area contributed by atoms with Gasteiger partial charge in [-0.1, -0.05) is 6.42 Å². The molecule has 1 saturated heterocycles. The zero-order valence-electron chi connectivity index (χ0n) is 12.1. The number of piperidine rings is 1.